The number of hydroxylamine groups is 2. The number of pyridine rings is 1. The van der Waals surface area contributed by atoms with Crippen LogP contribution in [0.2, 0.25) is 5.02 Å². The molecule has 2 heterocycles. The molecule has 1 aromatic carbocycles. The summed E-state index contributed by atoms with van der Waals surface area (Å²) in [5.74, 6) is 1.33. The van der Waals surface area contributed by atoms with Gasteiger partial charge >= 0.3 is 0 Å². The van der Waals surface area contributed by atoms with E-state index in [4.69, 9.17) is 21.4 Å². The molecule has 1 aliphatic heterocycles. The van der Waals surface area contributed by atoms with Crippen molar-refractivity contribution in [3.8, 4) is 0 Å². The molecule has 1 saturated heterocycles. The molecule has 2 aromatic rings. The highest BCUT2D eigenvalue weighted by atomic mass is 35.5. The molecule has 1 aliphatic rings. The standard InChI is InChI=1S/C20H25ClN4O2/c1-13-8-9-14(2)25(13)19-7-5-6-18(23-19)22-17-12-15(21)10-11-16(17)20(26)24(3)27-4/h5-7,10-14H,8-9H2,1-4H3,(H,22,23). The van der Waals surface area contributed by atoms with Crippen LogP contribution in [-0.4, -0.2) is 42.2 Å². The number of nitrogens with zero attached hydrogens (tertiary/aromatic N) is 3. The predicted octanol–water partition coefficient (Wildman–Crippen LogP) is 4.49. The highest BCUT2D eigenvalue weighted by molar-refractivity contribution is 6.31. The monoisotopic (exact) mass is 388 g/mol. The molecule has 1 amide bonds. The van der Waals surface area contributed by atoms with Gasteiger partial charge in [-0.25, -0.2) is 10.0 Å². The van der Waals surface area contributed by atoms with E-state index < -0.39 is 0 Å². The van der Waals surface area contributed by atoms with Crippen LogP contribution in [0.5, 0.6) is 0 Å². The van der Waals surface area contributed by atoms with Crippen LogP contribution < -0.4 is 10.2 Å². The quantitative estimate of drug-likeness (QED) is 0.765. The molecular weight excluding hydrogens is 364 g/mol. The third-order valence-electron chi connectivity index (χ3n) is 4.99. The van der Waals surface area contributed by atoms with E-state index in [0.717, 1.165) is 18.7 Å². The number of amides is 1. The molecule has 2 atom stereocenters. The molecule has 0 aliphatic carbocycles. The zero-order chi connectivity index (χ0) is 19.6. The third-order valence-corrected chi connectivity index (χ3v) is 5.22. The van der Waals surface area contributed by atoms with E-state index in [9.17, 15) is 4.79 Å². The van der Waals surface area contributed by atoms with Gasteiger partial charge in [0.1, 0.15) is 11.6 Å². The van der Waals surface area contributed by atoms with E-state index in [1.54, 1.807) is 25.2 Å². The number of carbonyl (C=O) groups is 1. The molecule has 7 heteroatoms. The summed E-state index contributed by atoms with van der Waals surface area (Å²) in [7, 11) is 3.01. The molecule has 3 rings (SSSR count). The van der Waals surface area contributed by atoms with Gasteiger partial charge < -0.3 is 10.2 Å². The Balaban J connectivity index is 1.91. The minimum absolute atomic E-state index is 0.269. The molecule has 1 fully saturated rings. The second-order valence-corrected chi connectivity index (χ2v) is 7.30. The van der Waals surface area contributed by atoms with Gasteiger partial charge in [0.25, 0.3) is 5.91 Å². The number of halogens is 1. The summed E-state index contributed by atoms with van der Waals surface area (Å²) in [5, 5.41) is 4.95. The minimum Gasteiger partial charge on any atom is -0.351 e. The minimum atomic E-state index is -0.269. The lowest BCUT2D eigenvalue weighted by Gasteiger charge is -2.27. The number of carbonyl (C=O) groups excluding carboxylic acids is 1. The smallest absolute Gasteiger partial charge is 0.279 e. The van der Waals surface area contributed by atoms with Crippen molar-refractivity contribution < 1.29 is 9.63 Å². The summed E-state index contributed by atoms with van der Waals surface area (Å²) in [4.78, 5) is 24.7. The molecule has 1 N–H and O–H groups in total. The lowest BCUT2D eigenvalue weighted by Crippen LogP contribution is -2.33. The van der Waals surface area contributed by atoms with E-state index in [2.05, 4.69) is 24.1 Å². The Hall–Kier alpha value is -2.31. The van der Waals surface area contributed by atoms with Crippen molar-refractivity contribution in [2.75, 3.05) is 24.4 Å². The molecule has 0 bridgehead atoms. The van der Waals surface area contributed by atoms with Gasteiger partial charge in [-0.15, -0.1) is 0 Å². The lowest BCUT2D eigenvalue weighted by atomic mass is 10.1. The molecule has 0 spiro atoms. The normalized spacial score (nSPS) is 19.2. The van der Waals surface area contributed by atoms with Crippen LogP contribution in [0.1, 0.15) is 37.0 Å². The molecule has 6 nitrogen and oxygen atoms in total. The molecule has 1 aromatic heterocycles. The molecular formula is C20H25ClN4O2. The first-order valence-corrected chi connectivity index (χ1v) is 9.42. The van der Waals surface area contributed by atoms with Crippen LogP contribution in [0.15, 0.2) is 36.4 Å². The van der Waals surface area contributed by atoms with E-state index in [-0.39, 0.29) is 5.91 Å². The highest BCUT2D eigenvalue weighted by Crippen LogP contribution is 2.31. The summed E-state index contributed by atoms with van der Waals surface area (Å²) < 4.78 is 0. The van der Waals surface area contributed by atoms with Crippen molar-refractivity contribution in [2.45, 2.75) is 38.8 Å². The summed E-state index contributed by atoms with van der Waals surface area (Å²) >= 11 is 6.15. The van der Waals surface area contributed by atoms with Crippen molar-refractivity contribution in [1.29, 1.82) is 0 Å². The maximum atomic E-state index is 12.5. The van der Waals surface area contributed by atoms with Gasteiger partial charge in [0.2, 0.25) is 0 Å². The Morgan fingerprint density at radius 3 is 2.63 bits per heavy atom. The average molecular weight is 389 g/mol. The first kappa shape index (κ1) is 19.5. The van der Waals surface area contributed by atoms with Crippen LogP contribution in [0.3, 0.4) is 0 Å². The van der Waals surface area contributed by atoms with Gasteiger partial charge in [-0.3, -0.25) is 9.63 Å². The topological polar surface area (TPSA) is 57.7 Å². The van der Waals surface area contributed by atoms with E-state index in [0.29, 0.717) is 34.2 Å². The SMILES string of the molecule is CON(C)C(=O)c1ccc(Cl)cc1Nc1cccc(N2C(C)CCC2C)n1. The van der Waals surface area contributed by atoms with Crippen molar-refractivity contribution >= 4 is 34.8 Å². The summed E-state index contributed by atoms with van der Waals surface area (Å²) in [5.41, 5.74) is 1.04. The van der Waals surface area contributed by atoms with Crippen molar-refractivity contribution in [3.05, 3.63) is 47.0 Å². The maximum absolute atomic E-state index is 12.5. The fraction of sp³-hybridized carbons (Fsp3) is 0.400. The van der Waals surface area contributed by atoms with E-state index >= 15 is 0 Å². The Morgan fingerprint density at radius 2 is 1.96 bits per heavy atom. The summed E-state index contributed by atoms with van der Waals surface area (Å²) in [6.45, 7) is 4.44. The maximum Gasteiger partial charge on any atom is 0.279 e. The lowest BCUT2D eigenvalue weighted by molar-refractivity contribution is -0.0756. The first-order chi connectivity index (χ1) is 12.9. The van der Waals surface area contributed by atoms with Gasteiger partial charge in [-0.2, -0.15) is 0 Å². The second kappa shape index (κ2) is 8.15. The fourth-order valence-corrected chi connectivity index (χ4v) is 3.65. The Bertz CT molecular complexity index is 819. The van der Waals surface area contributed by atoms with Crippen LogP contribution in [0, 0.1) is 0 Å². The van der Waals surface area contributed by atoms with Crippen LogP contribution in [0.4, 0.5) is 17.3 Å². The number of aromatic nitrogens is 1. The molecule has 0 saturated carbocycles. The van der Waals surface area contributed by atoms with E-state index in [1.807, 2.05) is 18.2 Å². The van der Waals surface area contributed by atoms with Crippen LogP contribution in [-0.2, 0) is 4.84 Å². The Morgan fingerprint density at radius 1 is 1.26 bits per heavy atom. The average Bonchev–Trinajstić information content (AvgIpc) is 2.99. The number of hydrogen-bond donors (Lipinski definition) is 1. The number of hydrogen-bond acceptors (Lipinski definition) is 5. The summed E-state index contributed by atoms with van der Waals surface area (Å²) in [6, 6.07) is 11.9. The van der Waals surface area contributed by atoms with Crippen molar-refractivity contribution in [1.82, 2.24) is 10.0 Å². The number of benzene rings is 1. The highest BCUT2D eigenvalue weighted by Gasteiger charge is 2.28. The number of anilines is 3. The number of nitrogens with one attached hydrogen (secondary N) is 1. The molecule has 27 heavy (non-hydrogen) atoms. The van der Waals surface area contributed by atoms with Gasteiger partial charge in [-0.1, -0.05) is 17.7 Å². The third kappa shape index (κ3) is 4.17. The molecule has 2 unspecified atom stereocenters. The second-order valence-electron chi connectivity index (χ2n) is 6.86. The van der Waals surface area contributed by atoms with Crippen molar-refractivity contribution in [3.63, 3.8) is 0 Å². The van der Waals surface area contributed by atoms with Gasteiger partial charge in [-0.05, 0) is 57.0 Å². The van der Waals surface area contributed by atoms with Gasteiger partial charge in [0, 0.05) is 24.2 Å². The Labute approximate surface area is 165 Å². The Kier molecular flexibility index (Phi) is 5.87. The molecule has 144 valence electrons. The van der Waals surface area contributed by atoms with Crippen molar-refractivity contribution in [2.24, 2.45) is 0 Å². The van der Waals surface area contributed by atoms with Gasteiger partial charge in [0.05, 0.1) is 18.4 Å². The first-order valence-electron chi connectivity index (χ1n) is 9.05. The number of rotatable bonds is 5. The largest absolute Gasteiger partial charge is 0.351 e. The van der Waals surface area contributed by atoms with E-state index in [1.165, 1.54) is 12.2 Å². The molecule has 0 radical (unpaired) electrons. The predicted molar refractivity (Wildman–Crippen MR) is 109 cm³/mol. The van der Waals surface area contributed by atoms with Gasteiger partial charge in [0.15, 0.2) is 0 Å². The zero-order valence-corrected chi connectivity index (χ0v) is 16.8. The van der Waals surface area contributed by atoms with Crippen LogP contribution in [0.25, 0.3) is 0 Å². The zero-order valence-electron chi connectivity index (χ0n) is 16.1. The fourth-order valence-electron chi connectivity index (χ4n) is 3.48. The summed E-state index contributed by atoms with van der Waals surface area (Å²) in [6.07, 6.45) is 2.33. The van der Waals surface area contributed by atoms with Crippen LogP contribution >= 0.6 is 11.6 Å².